The first-order valence-electron chi connectivity index (χ1n) is 7.77. The number of anilines is 1. The highest BCUT2D eigenvalue weighted by Crippen LogP contribution is 2.40. The minimum absolute atomic E-state index is 0.0129. The second-order valence-corrected chi connectivity index (χ2v) is 6.80. The van der Waals surface area contributed by atoms with E-state index >= 15 is 0 Å². The number of aryl methyl sites for hydroxylation is 2. The van der Waals surface area contributed by atoms with Crippen LogP contribution >= 0.6 is 11.5 Å². The first kappa shape index (κ1) is 15.0. The van der Waals surface area contributed by atoms with Gasteiger partial charge in [0.05, 0.1) is 5.69 Å². The van der Waals surface area contributed by atoms with E-state index in [9.17, 15) is 4.79 Å². The highest BCUT2D eigenvalue weighted by Gasteiger charge is 2.30. The predicted molar refractivity (Wildman–Crippen MR) is 94.1 cm³/mol. The lowest BCUT2D eigenvalue weighted by Gasteiger charge is -2.22. The lowest BCUT2D eigenvalue weighted by molar-refractivity contribution is -0.116. The molecule has 0 fully saturated rings. The molecule has 1 amide bonds. The third-order valence-electron chi connectivity index (χ3n) is 4.25. The second kappa shape index (κ2) is 5.79. The van der Waals surface area contributed by atoms with Crippen LogP contribution in [0.25, 0.3) is 11.4 Å². The molecule has 1 aliphatic rings. The number of fused-ring (bicyclic) bond motifs is 1. The molecule has 0 radical (unpaired) electrons. The molecule has 0 saturated carbocycles. The summed E-state index contributed by atoms with van der Waals surface area (Å²) in [5.41, 5.74) is 5.17. The van der Waals surface area contributed by atoms with Gasteiger partial charge in [0.25, 0.3) is 0 Å². The zero-order valence-electron chi connectivity index (χ0n) is 13.4. The van der Waals surface area contributed by atoms with Crippen LogP contribution in [0.15, 0.2) is 36.7 Å². The summed E-state index contributed by atoms with van der Waals surface area (Å²) in [6.07, 6.45) is 4.06. The van der Waals surface area contributed by atoms with Gasteiger partial charge in [-0.1, -0.05) is 23.8 Å². The summed E-state index contributed by atoms with van der Waals surface area (Å²) in [6, 6.07) is 8.11. The smallest absolute Gasteiger partial charge is 0.225 e. The fourth-order valence-corrected chi connectivity index (χ4v) is 3.95. The number of rotatable bonds is 2. The van der Waals surface area contributed by atoms with Gasteiger partial charge in [-0.05, 0) is 37.0 Å². The van der Waals surface area contributed by atoms with Crippen LogP contribution in [0.5, 0.6) is 0 Å². The highest BCUT2D eigenvalue weighted by atomic mass is 32.1. The number of amides is 1. The minimum Gasteiger partial charge on any atom is -0.316 e. The predicted octanol–water partition coefficient (Wildman–Crippen LogP) is 3.69. The zero-order valence-corrected chi connectivity index (χ0v) is 14.2. The van der Waals surface area contributed by atoms with E-state index in [0.29, 0.717) is 12.2 Å². The van der Waals surface area contributed by atoms with Crippen LogP contribution in [0.2, 0.25) is 0 Å². The molecule has 1 atom stereocenters. The van der Waals surface area contributed by atoms with Gasteiger partial charge >= 0.3 is 0 Å². The van der Waals surface area contributed by atoms with Gasteiger partial charge < -0.3 is 5.32 Å². The Morgan fingerprint density at radius 3 is 2.75 bits per heavy atom. The Labute approximate surface area is 144 Å². The minimum atomic E-state index is -0.0286. The number of hydrogen-bond donors (Lipinski definition) is 1. The largest absolute Gasteiger partial charge is 0.316 e. The van der Waals surface area contributed by atoms with Crippen molar-refractivity contribution >= 4 is 22.4 Å². The van der Waals surface area contributed by atoms with Crippen LogP contribution in [0.4, 0.5) is 5.00 Å². The SMILES string of the molecule is Cc1cccc(-c2ncc(C3CC(=O)Nc4snc(C)c43)cn2)c1. The Kier molecular flexibility index (Phi) is 3.61. The lowest BCUT2D eigenvalue weighted by atomic mass is 9.88. The number of hydrogen-bond acceptors (Lipinski definition) is 5. The van der Waals surface area contributed by atoms with E-state index in [4.69, 9.17) is 0 Å². The van der Waals surface area contributed by atoms with Crippen molar-refractivity contribution in [2.75, 3.05) is 5.32 Å². The summed E-state index contributed by atoms with van der Waals surface area (Å²) in [5.74, 6) is 0.682. The zero-order chi connectivity index (χ0) is 16.7. The van der Waals surface area contributed by atoms with Gasteiger partial charge in [0, 0.05) is 35.9 Å². The van der Waals surface area contributed by atoms with Gasteiger partial charge in [0.15, 0.2) is 5.82 Å². The molecule has 1 aliphatic heterocycles. The monoisotopic (exact) mass is 336 g/mol. The summed E-state index contributed by atoms with van der Waals surface area (Å²) >= 11 is 1.33. The molecule has 24 heavy (non-hydrogen) atoms. The molecule has 0 saturated heterocycles. The van der Waals surface area contributed by atoms with Gasteiger partial charge in [-0.3, -0.25) is 4.79 Å². The number of aromatic nitrogens is 3. The maximum absolute atomic E-state index is 12.0. The standard InChI is InChI=1S/C18H16N4OS/c1-10-4-3-5-12(6-10)17-19-8-13(9-20-17)14-7-15(23)21-18-16(14)11(2)22-24-18/h3-6,8-9,14H,7H2,1-2H3,(H,21,23). The first-order valence-corrected chi connectivity index (χ1v) is 8.54. The Morgan fingerprint density at radius 2 is 2.00 bits per heavy atom. The fourth-order valence-electron chi connectivity index (χ4n) is 3.08. The topological polar surface area (TPSA) is 67.8 Å². The maximum atomic E-state index is 12.0. The van der Waals surface area contributed by atoms with Gasteiger partial charge in [0.1, 0.15) is 5.00 Å². The van der Waals surface area contributed by atoms with Crippen molar-refractivity contribution < 1.29 is 4.79 Å². The Hall–Kier alpha value is -2.60. The van der Waals surface area contributed by atoms with Crippen molar-refractivity contribution in [3.8, 4) is 11.4 Å². The molecule has 120 valence electrons. The summed E-state index contributed by atoms with van der Waals surface area (Å²) in [4.78, 5) is 21.0. The van der Waals surface area contributed by atoms with Crippen LogP contribution in [0.3, 0.4) is 0 Å². The van der Waals surface area contributed by atoms with Crippen molar-refractivity contribution in [2.24, 2.45) is 0 Å². The van der Waals surface area contributed by atoms with Crippen LogP contribution < -0.4 is 5.32 Å². The molecule has 1 unspecified atom stereocenters. The van der Waals surface area contributed by atoms with Crippen molar-refractivity contribution in [1.29, 1.82) is 0 Å². The second-order valence-electron chi connectivity index (χ2n) is 6.03. The number of benzene rings is 1. The molecule has 3 aromatic rings. The molecule has 2 aromatic heterocycles. The fraction of sp³-hybridized carbons (Fsp3) is 0.222. The molecule has 0 bridgehead atoms. The van der Waals surface area contributed by atoms with Crippen LogP contribution in [-0.2, 0) is 4.79 Å². The molecule has 0 spiro atoms. The maximum Gasteiger partial charge on any atom is 0.225 e. The van der Waals surface area contributed by atoms with Crippen molar-refractivity contribution in [2.45, 2.75) is 26.2 Å². The number of carbonyl (C=O) groups excluding carboxylic acids is 1. The van der Waals surface area contributed by atoms with Crippen molar-refractivity contribution in [1.82, 2.24) is 14.3 Å². The van der Waals surface area contributed by atoms with E-state index in [0.717, 1.165) is 27.4 Å². The van der Waals surface area contributed by atoms with Gasteiger partial charge in [0.2, 0.25) is 5.91 Å². The quantitative estimate of drug-likeness (QED) is 0.775. The Balaban J connectivity index is 1.71. The molecule has 5 nitrogen and oxygen atoms in total. The molecule has 6 heteroatoms. The average Bonchev–Trinajstić information content (AvgIpc) is 2.95. The van der Waals surface area contributed by atoms with E-state index in [2.05, 4.69) is 25.7 Å². The van der Waals surface area contributed by atoms with Crippen LogP contribution in [0, 0.1) is 13.8 Å². The van der Waals surface area contributed by atoms with E-state index in [1.807, 2.05) is 44.4 Å². The van der Waals surface area contributed by atoms with E-state index < -0.39 is 0 Å². The third kappa shape index (κ3) is 2.59. The molecule has 0 aliphatic carbocycles. The van der Waals surface area contributed by atoms with Crippen LogP contribution in [0.1, 0.15) is 34.7 Å². The lowest BCUT2D eigenvalue weighted by Crippen LogP contribution is -2.22. The molecular formula is C18H16N4OS. The van der Waals surface area contributed by atoms with Gasteiger partial charge in [-0.15, -0.1) is 0 Å². The van der Waals surface area contributed by atoms with E-state index in [-0.39, 0.29) is 11.8 Å². The molecule has 4 rings (SSSR count). The van der Waals surface area contributed by atoms with Gasteiger partial charge in [-0.25, -0.2) is 9.97 Å². The van der Waals surface area contributed by atoms with E-state index in [1.54, 1.807) is 0 Å². The third-order valence-corrected chi connectivity index (χ3v) is 5.12. The normalized spacial score (nSPS) is 16.6. The summed E-state index contributed by atoms with van der Waals surface area (Å²) in [5, 5.41) is 3.74. The number of carbonyl (C=O) groups is 1. The molecule has 3 heterocycles. The first-order chi connectivity index (χ1) is 11.6. The molecular weight excluding hydrogens is 320 g/mol. The van der Waals surface area contributed by atoms with Gasteiger partial charge in [-0.2, -0.15) is 4.37 Å². The number of nitrogens with one attached hydrogen (secondary N) is 1. The number of nitrogens with zero attached hydrogens (tertiary/aromatic N) is 3. The van der Waals surface area contributed by atoms with E-state index in [1.165, 1.54) is 17.1 Å². The highest BCUT2D eigenvalue weighted by molar-refractivity contribution is 7.10. The summed E-state index contributed by atoms with van der Waals surface area (Å²) < 4.78 is 4.37. The molecule has 1 aromatic carbocycles. The Morgan fingerprint density at radius 1 is 1.21 bits per heavy atom. The van der Waals surface area contributed by atoms with Crippen molar-refractivity contribution in [3.63, 3.8) is 0 Å². The Bertz CT molecular complexity index is 917. The van der Waals surface area contributed by atoms with Crippen LogP contribution in [-0.4, -0.2) is 20.2 Å². The average molecular weight is 336 g/mol. The molecule has 1 N–H and O–H groups in total. The summed E-state index contributed by atoms with van der Waals surface area (Å²) in [6.45, 7) is 4.02. The van der Waals surface area contributed by atoms with Crippen molar-refractivity contribution in [3.05, 3.63) is 59.0 Å². The summed E-state index contributed by atoms with van der Waals surface area (Å²) in [7, 11) is 0.